The van der Waals surface area contributed by atoms with E-state index in [9.17, 15) is 0 Å². The fourth-order valence-corrected chi connectivity index (χ4v) is 2.30. The van der Waals surface area contributed by atoms with Crippen LogP contribution in [0, 0.1) is 6.57 Å². The molecule has 0 spiro atoms. The third-order valence-electron chi connectivity index (χ3n) is 3.18. The largest absolute Gasteiger partial charge is 0.460 e. The Morgan fingerprint density at radius 2 is 2.29 bits per heavy atom. The van der Waals surface area contributed by atoms with Crippen molar-refractivity contribution in [1.29, 1.82) is 0 Å². The Labute approximate surface area is 125 Å². The number of fused-ring (bicyclic) bond motifs is 1. The molecular weight excluding hydrogens is 262 g/mol. The molecule has 0 fully saturated rings. The number of rotatable bonds is 6. The minimum atomic E-state index is 0.690. The molecule has 0 bridgehead atoms. The first-order chi connectivity index (χ1) is 10.1. The molecule has 0 saturated carbocycles. The molecule has 4 heteroatoms. The van der Waals surface area contributed by atoms with Gasteiger partial charge in [0.15, 0.2) is 0 Å². The average Bonchev–Trinajstić information content (AvgIpc) is 2.80. The van der Waals surface area contributed by atoms with Crippen LogP contribution in [0.15, 0.2) is 46.4 Å². The SMILES string of the molecule is [C-]#[N+]/N=C(/C)Cc1ccc2oc(CN(C)CC=C)cc2c1. The predicted octanol–water partition coefficient (Wildman–Crippen LogP) is 3.89. The molecule has 2 rings (SSSR count). The van der Waals surface area contributed by atoms with Gasteiger partial charge in [-0.3, -0.25) is 4.90 Å². The summed E-state index contributed by atoms with van der Waals surface area (Å²) in [6, 6.07) is 8.16. The van der Waals surface area contributed by atoms with Crippen molar-refractivity contribution in [2.45, 2.75) is 19.9 Å². The van der Waals surface area contributed by atoms with Crippen LogP contribution in [0.5, 0.6) is 0 Å². The summed E-state index contributed by atoms with van der Waals surface area (Å²) in [6.07, 6.45) is 2.56. The van der Waals surface area contributed by atoms with E-state index in [1.165, 1.54) is 0 Å². The molecule has 0 aliphatic heterocycles. The lowest BCUT2D eigenvalue weighted by Gasteiger charge is -2.11. The van der Waals surface area contributed by atoms with Gasteiger partial charge in [-0.1, -0.05) is 12.1 Å². The Bertz CT molecular complexity index is 706. The Morgan fingerprint density at radius 3 is 3.00 bits per heavy atom. The Kier molecular flexibility index (Phi) is 4.91. The van der Waals surface area contributed by atoms with Crippen molar-refractivity contribution in [3.63, 3.8) is 0 Å². The van der Waals surface area contributed by atoms with Crippen LogP contribution in [0.25, 0.3) is 15.9 Å². The average molecular weight is 281 g/mol. The summed E-state index contributed by atoms with van der Waals surface area (Å²) in [5, 5.41) is 4.82. The van der Waals surface area contributed by atoms with E-state index in [4.69, 9.17) is 11.0 Å². The van der Waals surface area contributed by atoms with E-state index in [0.29, 0.717) is 6.42 Å². The molecular formula is C17H19N3O. The van der Waals surface area contributed by atoms with Gasteiger partial charge in [-0.05, 0) is 37.7 Å². The number of likely N-dealkylation sites (N-methyl/N-ethyl adjacent to an activating group) is 1. The zero-order chi connectivity index (χ0) is 15.2. The highest BCUT2D eigenvalue weighted by Gasteiger charge is 2.07. The fraction of sp³-hybridized carbons (Fsp3) is 0.294. The van der Waals surface area contributed by atoms with Crippen LogP contribution in [0.3, 0.4) is 0 Å². The van der Waals surface area contributed by atoms with E-state index in [1.807, 2.05) is 32.2 Å². The molecule has 0 aliphatic carbocycles. The van der Waals surface area contributed by atoms with Gasteiger partial charge < -0.3 is 4.42 Å². The van der Waals surface area contributed by atoms with Crippen LogP contribution in [-0.2, 0) is 13.0 Å². The molecule has 1 aromatic carbocycles. The third kappa shape index (κ3) is 4.04. The quantitative estimate of drug-likeness (QED) is 0.348. The van der Waals surface area contributed by atoms with E-state index >= 15 is 0 Å². The Hall–Kier alpha value is -2.38. The monoisotopic (exact) mass is 281 g/mol. The van der Waals surface area contributed by atoms with E-state index in [1.54, 1.807) is 0 Å². The summed E-state index contributed by atoms with van der Waals surface area (Å²) in [4.78, 5) is 5.19. The second-order valence-electron chi connectivity index (χ2n) is 5.18. The van der Waals surface area contributed by atoms with Crippen LogP contribution >= 0.6 is 0 Å². The molecule has 1 aromatic heterocycles. The van der Waals surface area contributed by atoms with Crippen molar-refractivity contribution < 1.29 is 4.42 Å². The van der Waals surface area contributed by atoms with E-state index in [2.05, 4.69) is 33.7 Å². The van der Waals surface area contributed by atoms with Crippen molar-refractivity contribution in [2.24, 2.45) is 5.10 Å². The number of hydrogen-bond acceptors (Lipinski definition) is 3. The molecule has 4 nitrogen and oxygen atoms in total. The van der Waals surface area contributed by atoms with Crippen molar-refractivity contribution in [2.75, 3.05) is 13.6 Å². The standard InChI is InChI=1S/C17H19N3O/c1-5-8-20(4)12-16-11-15-10-14(6-7-17(15)21-16)9-13(2)19-18-3/h5-7,10-11H,1,8-9,12H2,2,4H3/b19-13-. The molecule has 2 aromatic rings. The normalized spacial score (nSPS) is 11.8. The molecule has 0 N–H and O–H groups in total. The summed E-state index contributed by atoms with van der Waals surface area (Å²) in [5.74, 6) is 0.943. The van der Waals surface area contributed by atoms with Gasteiger partial charge in [0.1, 0.15) is 17.1 Å². The maximum atomic E-state index is 6.74. The maximum absolute atomic E-state index is 6.74. The smallest absolute Gasteiger partial charge is 0.134 e. The second kappa shape index (κ2) is 6.87. The van der Waals surface area contributed by atoms with Crippen LogP contribution < -0.4 is 0 Å². The first kappa shape index (κ1) is 15.0. The van der Waals surface area contributed by atoms with E-state index < -0.39 is 0 Å². The summed E-state index contributed by atoms with van der Waals surface area (Å²) in [6.45, 7) is 13.9. The first-order valence-electron chi connectivity index (χ1n) is 6.83. The molecule has 0 radical (unpaired) electrons. The summed E-state index contributed by atoms with van der Waals surface area (Å²) in [7, 11) is 2.03. The summed E-state index contributed by atoms with van der Waals surface area (Å²) < 4.78 is 5.84. The van der Waals surface area contributed by atoms with Crippen molar-refractivity contribution >= 4 is 16.7 Å². The molecule has 0 amide bonds. The van der Waals surface area contributed by atoms with Gasteiger partial charge in [-0.15, -0.1) is 11.5 Å². The summed E-state index contributed by atoms with van der Waals surface area (Å²) >= 11 is 0. The molecule has 0 unspecified atom stereocenters. The highest BCUT2D eigenvalue weighted by atomic mass is 16.3. The minimum absolute atomic E-state index is 0.690. The lowest BCUT2D eigenvalue weighted by molar-refractivity contribution is 0.328. The number of hydrogen-bond donors (Lipinski definition) is 0. The Morgan fingerprint density at radius 1 is 1.48 bits per heavy atom. The second-order valence-corrected chi connectivity index (χ2v) is 5.18. The number of benzene rings is 1. The molecule has 108 valence electrons. The zero-order valence-corrected chi connectivity index (χ0v) is 12.5. The molecule has 1 heterocycles. The predicted molar refractivity (Wildman–Crippen MR) is 86.2 cm³/mol. The van der Waals surface area contributed by atoms with Crippen LogP contribution in [-0.4, -0.2) is 24.2 Å². The van der Waals surface area contributed by atoms with Crippen LogP contribution in [0.2, 0.25) is 0 Å². The highest BCUT2D eigenvalue weighted by molar-refractivity contribution is 5.86. The summed E-state index contributed by atoms with van der Waals surface area (Å²) in [5.41, 5.74) is 2.85. The lowest BCUT2D eigenvalue weighted by atomic mass is 10.1. The topological polar surface area (TPSA) is 33.1 Å². The molecule has 0 saturated heterocycles. The minimum Gasteiger partial charge on any atom is -0.460 e. The van der Waals surface area contributed by atoms with Gasteiger partial charge in [0.05, 0.1) is 11.6 Å². The highest BCUT2D eigenvalue weighted by Crippen LogP contribution is 2.22. The first-order valence-corrected chi connectivity index (χ1v) is 6.83. The van der Waals surface area contributed by atoms with E-state index in [-0.39, 0.29) is 0 Å². The van der Waals surface area contributed by atoms with Crippen LogP contribution in [0.4, 0.5) is 0 Å². The maximum Gasteiger partial charge on any atom is 0.134 e. The number of furan rings is 1. The van der Waals surface area contributed by atoms with E-state index in [0.717, 1.165) is 41.1 Å². The van der Waals surface area contributed by atoms with Gasteiger partial charge >= 0.3 is 0 Å². The van der Waals surface area contributed by atoms with Crippen molar-refractivity contribution in [1.82, 2.24) is 4.90 Å². The van der Waals surface area contributed by atoms with Gasteiger partial charge in [0.25, 0.3) is 0 Å². The number of nitrogens with zero attached hydrogens (tertiary/aromatic N) is 3. The van der Waals surface area contributed by atoms with Crippen molar-refractivity contribution in [3.8, 4) is 0 Å². The molecule has 0 aliphatic rings. The van der Waals surface area contributed by atoms with Crippen LogP contribution in [0.1, 0.15) is 18.2 Å². The molecule has 0 atom stereocenters. The lowest BCUT2D eigenvalue weighted by Crippen LogP contribution is -2.16. The van der Waals surface area contributed by atoms with Crippen molar-refractivity contribution in [3.05, 3.63) is 59.8 Å². The van der Waals surface area contributed by atoms with Gasteiger partial charge in [-0.25, -0.2) is 0 Å². The third-order valence-corrected chi connectivity index (χ3v) is 3.18. The zero-order valence-electron chi connectivity index (χ0n) is 12.5. The van der Waals surface area contributed by atoms with Gasteiger partial charge in [0, 0.05) is 18.4 Å². The molecule has 21 heavy (non-hydrogen) atoms. The van der Waals surface area contributed by atoms with Gasteiger partial charge in [0.2, 0.25) is 0 Å². The fourth-order valence-electron chi connectivity index (χ4n) is 2.30. The Balaban J connectivity index is 2.18. The van der Waals surface area contributed by atoms with Gasteiger partial charge in [-0.2, -0.15) is 6.57 Å².